The van der Waals surface area contributed by atoms with E-state index in [9.17, 15) is 0 Å². The number of para-hydroxylation sites is 2. The number of nitrogens with zero attached hydrogens (tertiary/aromatic N) is 4. The van der Waals surface area contributed by atoms with Crippen LogP contribution in [-0.4, -0.2) is 19.7 Å². The quantitative estimate of drug-likeness (QED) is 0.579. The Balaban J connectivity index is 1.69. The van der Waals surface area contributed by atoms with Gasteiger partial charge in [0.15, 0.2) is 5.82 Å². The van der Waals surface area contributed by atoms with Gasteiger partial charge >= 0.3 is 0 Å². The summed E-state index contributed by atoms with van der Waals surface area (Å²) in [5.41, 5.74) is 3.24. The van der Waals surface area contributed by atoms with E-state index in [1.165, 1.54) is 0 Å². The topological polar surface area (TPSA) is 68.8 Å². The highest BCUT2D eigenvalue weighted by Crippen LogP contribution is 2.25. The first-order valence-electron chi connectivity index (χ1n) is 8.77. The number of aromatic nitrogens is 4. The van der Waals surface area contributed by atoms with Crippen LogP contribution in [0.1, 0.15) is 36.1 Å². The first-order valence-corrected chi connectivity index (χ1v) is 8.77. The van der Waals surface area contributed by atoms with Crippen molar-refractivity contribution in [1.29, 1.82) is 0 Å². The van der Waals surface area contributed by atoms with E-state index in [1.54, 1.807) is 0 Å². The number of nitrogens with one attached hydrogen (secondary N) is 1. The van der Waals surface area contributed by atoms with Crippen molar-refractivity contribution < 1.29 is 4.52 Å². The molecule has 0 spiro atoms. The summed E-state index contributed by atoms with van der Waals surface area (Å²) < 4.78 is 7.34. The summed E-state index contributed by atoms with van der Waals surface area (Å²) in [5.74, 6) is 2.26. The van der Waals surface area contributed by atoms with Gasteiger partial charge in [-0.25, -0.2) is 4.98 Å². The van der Waals surface area contributed by atoms with Crippen molar-refractivity contribution in [1.82, 2.24) is 25.0 Å². The lowest BCUT2D eigenvalue weighted by Crippen LogP contribution is -2.25. The summed E-state index contributed by atoms with van der Waals surface area (Å²) >= 11 is 0. The molecule has 2 heterocycles. The van der Waals surface area contributed by atoms with Crippen LogP contribution >= 0.6 is 0 Å². The fourth-order valence-corrected chi connectivity index (χ4v) is 3.12. The van der Waals surface area contributed by atoms with Crippen molar-refractivity contribution in [2.75, 3.05) is 0 Å². The summed E-state index contributed by atoms with van der Waals surface area (Å²) in [6, 6.07) is 18.4. The number of imidazole rings is 1. The molecule has 0 saturated heterocycles. The van der Waals surface area contributed by atoms with Crippen LogP contribution in [0.15, 0.2) is 59.1 Å². The zero-order valence-electron chi connectivity index (χ0n) is 14.9. The number of hydrogen-bond acceptors (Lipinski definition) is 5. The Morgan fingerprint density at radius 2 is 1.81 bits per heavy atom. The van der Waals surface area contributed by atoms with Crippen LogP contribution in [-0.2, 0) is 20.0 Å². The summed E-state index contributed by atoms with van der Waals surface area (Å²) in [6.07, 6.45) is 0.736. The van der Waals surface area contributed by atoms with Crippen LogP contribution in [0.2, 0.25) is 0 Å². The molecule has 0 bridgehead atoms. The molecule has 0 radical (unpaired) electrons. The molecular formula is C20H21N5O. The summed E-state index contributed by atoms with van der Waals surface area (Å²) in [6.45, 7) is 2.50. The third-order valence-corrected chi connectivity index (χ3v) is 4.49. The second kappa shape index (κ2) is 7.09. The van der Waals surface area contributed by atoms with Crippen molar-refractivity contribution in [3.63, 3.8) is 0 Å². The number of hydrogen-bond donors (Lipinski definition) is 1. The van der Waals surface area contributed by atoms with Gasteiger partial charge in [0.05, 0.1) is 23.6 Å². The lowest BCUT2D eigenvalue weighted by atomic mass is 10.1. The zero-order chi connectivity index (χ0) is 17.9. The molecule has 2 aromatic carbocycles. The molecule has 2 aromatic heterocycles. The maximum atomic E-state index is 5.21. The van der Waals surface area contributed by atoms with Crippen molar-refractivity contribution in [3.8, 4) is 0 Å². The Labute approximate surface area is 151 Å². The van der Waals surface area contributed by atoms with Gasteiger partial charge in [0, 0.05) is 13.5 Å². The van der Waals surface area contributed by atoms with Gasteiger partial charge in [-0.15, -0.1) is 0 Å². The minimum absolute atomic E-state index is 0.0721. The van der Waals surface area contributed by atoms with Gasteiger partial charge in [0.2, 0.25) is 5.89 Å². The second-order valence-corrected chi connectivity index (χ2v) is 6.20. The van der Waals surface area contributed by atoms with Crippen LogP contribution in [0.3, 0.4) is 0 Å². The molecule has 0 amide bonds. The summed E-state index contributed by atoms with van der Waals surface area (Å²) in [5, 5.41) is 7.58. The van der Waals surface area contributed by atoms with Gasteiger partial charge in [0.25, 0.3) is 0 Å². The normalized spacial score (nSPS) is 12.5. The third-order valence-electron chi connectivity index (χ3n) is 4.49. The number of benzene rings is 2. The minimum atomic E-state index is -0.0721. The van der Waals surface area contributed by atoms with Crippen LogP contribution in [0.25, 0.3) is 11.0 Å². The third kappa shape index (κ3) is 3.11. The average molecular weight is 347 g/mol. The van der Waals surface area contributed by atoms with E-state index in [4.69, 9.17) is 9.51 Å². The standard InChI is InChI=1S/C20H21N5O/c1-3-18-23-17(24-26-18)13-21-19(14-9-5-4-6-10-14)20-22-15-11-7-8-12-16(15)25(20)2/h4-12,19,21H,3,13H2,1-2H3/t19-/m1/s1. The molecule has 26 heavy (non-hydrogen) atoms. The highest BCUT2D eigenvalue weighted by Gasteiger charge is 2.21. The first kappa shape index (κ1) is 16.5. The van der Waals surface area contributed by atoms with Crippen molar-refractivity contribution in [2.45, 2.75) is 25.9 Å². The van der Waals surface area contributed by atoms with Crippen molar-refractivity contribution >= 4 is 11.0 Å². The van der Waals surface area contributed by atoms with Gasteiger partial charge in [-0.3, -0.25) is 5.32 Å². The fraction of sp³-hybridized carbons (Fsp3) is 0.250. The number of aryl methyl sites for hydroxylation is 2. The van der Waals surface area contributed by atoms with E-state index in [-0.39, 0.29) is 6.04 Å². The molecule has 0 aliphatic rings. The lowest BCUT2D eigenvalue weighted by molar-refractivity contribution is 0.374. The maximum absolute atomic E-state index is 5.21. The Morgan fingerprint density at radius 1 is 1.04 bits per heavy atom. The Hall–Kier alpha value is -2.99. The minimum Gasteiger partial charge on any atom is -0.339 e. The van der Waals surface area contributed by atoms with Gasteiger partial charge in [0.1, 0.15) is 5.82 Å². The van der Waals surface area contributed by atoms with E-state index in [0.29, 0.717) is 18.3 Å². The molecule has 6 nitrogen and oxygen atoms in total. The monoisotopic (exact) mass is 347 g/mol. The van der Waals surface area contributed by atoms with Gasteiger partial charge in [-0.2, -0.15) is 4.98 Å². The molecule has 4 aromatic rings. The molecular weight excluding hydrogens is 326 g/mol. The summed E-state index contributed by atoms with van der Waals surface area (Å²) in [4.78, 5) is 9.24. The fourth-order valence-electron chi connectivity index (χ4n) is 3.12. The van der Waals surface area contributed by atoms with Gasteiger partial charge in [-0.05, 0) is 17.7 Å². The molecule has 4 rings (SSSR count). The second-order valence-electron chi connectivity index (χ2n) is 6.20. The van der Waals surface area contributed by atoms with Crippen molar-refractivity contribution in [3.05, 3.63) is 77.7 Å². The molecule has 6 heteroatoms. The highest BCUT2D eigenvalue weighted by atomic mass is 16.5. The first-order chi connectivity index (χ1) is 12.8. The van der Waals surface area contributed by atoms with E-state index in [2.05, 4.69) is 38.2 Å². The molecule has 0 aliphatic carbocycles. The van der Waals surface area contributed by atoms with Crippen molar-refractivity contribution in [2.24, 2.45) is 7.05 Å². The largest absolute Gasteiger partial charge is 0.339 e. The SMILES string of the molecule is CCc1nc(CN[C@H](c2ccccc2)c2nc3ccccc3n2C)no1. The molecule has 1 N–H and O–H groups in total. The lowest BCUT2D eigenvalue weighted by Gasteiger charge is -2.18. The Kier molecular flexibility index (Phi) is 4.50. The van der Waals surface area contributed by atoms with Crippen LogP contribution in [0.4, 0.5) is 0 Å². The maximum Gasteiger partial charge on any atom is 0.226 e. The summed E-state index contributed by atoms with van der Waals surface area (Å²) in [7, 11) is 2.05. The highest BCUT2D eigenvalue weighted by molar-refractivity contribution is 5.76. The number of rotatable bonds is 6. The van der Waals surface area contributed by atoms with E-state index in [0.717, 1.165) is 28.8 Å². The molecule has 0 aliphatic heterocycles. The number of fused-ring (bicyclic) bond motifs is 1. The predicted octanol–water partition coefficient (Wildman–Crippen LogP) is 3.40. The Morgan fingerprint density at radius 3 is 2.54 bits per heavy atom. The predicted molar refractivity (Wildman–Crippen MR) is 99.5 cm³/mol. The van der Waals surface area contributed by atoms with Crippen LogP contribution in [0.5, 0.6) is 0 Å². The van der Waals surface area contributed by atoms with E-state index < -0.39 is 0 Å². The van der Waals surface area contributed by atoms with E-state index >= 15 is 0 Å². The van der Waals surface area contributed by atoms with Gasteiger partial charge in [-0.1, -0.05) is 54.5 Å². The van der Waals surface area contributed by atoms with E-state index in [1.807, 2.05) is 50.4 Å². The molecule has 132 valence electrons. The molecule has 0 saturated carbocycles. The average Bonchev–Trinajstić information content (AvgIpc) is 3.28. The van der Waals surface area contributed by atoms with Crippen LogP contribution in [0, 0.1) is 0 Å². The zero-order valence-corrected chi connectivity index (χ0v) is 14.9. The molecule has 0 fully saturated rings. The smallest absolute Gasteiger partial charge is 0.226 e. The Bertz CT molecular complexity index is 1010. The molecule has 0 unspecified atom stereocenters. The van der Waals surface area contributed by atoms with Gasteiger partial charge < -0.3 is 9.09 Å². The molecule has 1 atom stereocenters. The van der Waals surface area contributed by atoms with Crippen LogP contribution < -0.4 is 5.32 Å².